The van der Waals surface area contributed by atoms with E-state index in [-0.39, 0.29) is 0 Å². The average molecular weight is 225 g/mol. The number of ether oxygens (including phenoxy) is 1. The predicted molar refractivity (Wildman–Crippen MR) is 64.7 cm³/mol. The lowest BCUT2D eigenvalue weighted by molar-refractivity contribution is 0.0912. The van der Waals surface area contributed by atoms with Gasteiger partial charge in [0.25, 0.3) is 0 Å². The summed E-state index contributed by atoms with van der Waals surface area (Å²) in [5.74, 6) is 0.308. The molecule has 0 aromatic rings. The van der Waals surface area contributed by atoms with Crippen molar-refractivity contribution in [1.29, 1.82) is 5.41 Å². The van der Waals surface area contributed by atoms with Crippen LogP contribution in [0.2, 0.25) is 0 Å². The SMILES string of the molecule is N=C(N)CCN(CCC1CCCO1)C1CC1. The quantitative estimate of drug-likeness (QED) is 0.508. The summed E-state index contributed by atoms with van der Waals surface area (Å²) >= 11 is 0. The zero-order valence-corrected chi connectivity index (χ0v) is 9.95. The van der Waals surface area contributed by atoms with Gasteiger partial charge in [-0.15, -0.1) is 0 Å². The zero-order valence-electron chi connectivity index (χ0n) is 9.95. The number of nitrogens with two attached hydrogens (primary N) is 1. The van der Waals surface area contributed by atoms with Gasteiger partial charge in [-0.2, -0.15) is 0 Å². The lowest BCUT2D eigenvalue weighted by atomic mass is 10.1. The third-order valence-electron chi connectivity index (χ3n) is 3.49. The zero-order chi connectivity index (χ0) is 11.4. The summed E-state index contributed by atoms with van der Waals surface area (Å²) in [7, 11) is 0. The molecule has 1 heterocycles. The van der Waals surface area contributed by atoms with E-state index in [0.717, 1.165) is 32.2 Å². The molecule has 4 nitrogen and oxygen atoms in total. The second kappa shape index (κ2) is 5.64. The molecule has 2 fully saturated rings. The summed E-state index contributed by atoms with van der Waals surface area (Å²) in [6.45, 7) is 3.01. The van der Waals surface area contributed by atoms with E-state index in [2.05, 4.69) is 4.90 Å². The molecule has 0 aromatic heterocycles. The summed E-state index contributed by atoms with van der Waals surface area (Å²) in [6.07, 6.45) is 7.44. The van der Waals surface area contributed by atoms with E-state index >= 15 is 0 Å². The maximum atomic E-state index is 7.27. The van der Waals surface area contributed by atoms with E-state index in [9.17, 15) is 0 Å². The van der Waals surface area contributed by atoms with Crippen molar-refractivity contribution in [2.45, 2.75) is 50.7 Å². The van der Waals surface area contributed by atoms with Crippen LogP contribution < -0.4 is 5.73 Å². The van der Waals surface area contributed by atoms with Crippen molar-refractivity contribution in [3.05, 3.63) is 0 Å². The first-order chi connectivity index (χ1) is 7.75. The Morgan fingerprint density at radius 1 is 1.31 bits per heavy atom. The molecule has 0 bridgehead atoms. The minimum Gasteiger partial charge on any atom is -0.388 e. The number of hydrogen-bond acceptors (Lipinski definition) is 3. The maximum Gasteiger partial charge on any atom is 0.0918 e. The Balaban J connectivity index is 1.67. The van der Waals surface area contributed by atoms with Gasteiger partial charge in [0.1, 0.15) is 0 Å². The van der Waals surface area contributed by atoms with Crippen molar-refractivity contribution in [1.82, 2.24) is 4.90 Å². The van der Waals surface area contributed by atoms with Crippen LogP contribution in [0.3, 0.4) is 0 Å². The Morgan fingerprint density at radius 3 is 2.69 bits per heavy atom. The first-order valence-corrected chi connectivity index (χ1v) is 6.44. The Bertz CT molecular complexity index is 234. The van der Waals surface area contributed by atoms with Crippen LogP contribution in [0.4, 0.5) is 0 Å². The molecule has 16 heavy (non-hydrogen) atoms. The lowest BCUT2D eigenvalue weighted by Gasteiger charge is -2.23. The summed E-state index contributed by atoms with van der Waals surface area (Å²) < 4.78 is 5.64. The van der Waals surface area contributed by atoms with Gasteiger partial charge in [-0.1, -0.05) is 0 Å². The van der Waals surface area contributed by atoms with Gasteiger partial charge in [0.15, 0.2) is 0 Å². The van der Waals surface area contributed by atoms with Crippen LogP contribution >= 0.6 is 0 Å². The maximum absolute atomic E-state index is 7.27. The molecule has 0 aromatic carbocycles. The Labute approximate surface area is 97.6 Å². The fourth-order valence-electron chi connectivity index (χ4n) is 2.36. The van der Waals surface area contributed by atoms with E-state index in [1.54, 1.807) is 0 Å². The normalized spacial score (nSPS) is 25.2. The Morgan fingerprint density at radius 2 is 2.12 bits per heavy atom. The van der Waals surface area contributed by atoms with Crippen molar-refractivity contribution < 1.29 is 4.74 Å². The van der Waals surface area contributed by atoms with Gasteiger partial charge in [-0.25, -0.2) is 0 Å². The van der Waals surface area contributed by atoms with Crippen molar-refractivity contribution in [2.24, 2.45) is 5.73 Å². The van der Waals surface area contributed by atoms with Gasteiger partial charge in [-0.3, -0.25) is 10.3 Å². The highest BCUT2D eigenvalue weighted by atomic mass is 16.5. The number of amidine groups is 1. The molecule has 1 aliphatic carbocycles. The standard InChI is InChI=1S/C12H23N3O/c13-12(14)6-8-15(10-3-4-10)7-5-11-2-1-9-16-11/h10-11H,1-9H2,(H3,13,14). The number of hydrogen-bond donors (Lipinski definition) is 2. The van der Waals surface area contributed by atoms with Crippen LogP contribution in [-0.2, 0) is 4.74 Å². The molecule has 1 atom stereocenters. The highest BCUT2D eigenvalue weighted by molar-refractivity contribution is 5.76. The molecule has 92 valence electrons. The summed E-state index contributed by atoms with van der Waals surface area (Å²) in [6, 6.07) is 0.765. The first kappa shape index (κ1) is 11.9. The fraction of sp³-hybridized carbons (Fsp3) is 0.917. The predicted octanol–water partition coefficient (Wildman–Crippen LogP) is 1.35. The van der Waals surface area contributed by atoms with E-state index in [1.807, 2.05) is 0 Å². The van der Waals surface area contributed by atoms with Crippen LogP contribution in [0.15, 0.2) is 0 Å². The smallest absolute Gasteiger partial charge is 0.0918 e. The summed E-state index contributed by atoms with van der Waals surface area (Å²) in [4.78, 5) is 2.49. The van der Waals surface area contributed by atoms with Crippen LogP contribution in [0, 0.1) is 5.41 Å². The number of nitrogens with zero attached hydrogens (tertiary/aromatic N) is 1. The van der Waals surface area contributed by atoms with Gasteiger partial charge < -0.3 is 10.5 Å². The molecule has 0 spiro atoms. The average Bonchev–Trinajstić information content (AvgIpc) is 2.95. The van der Waals surface area contributed by atoms with E-state index < -0.39 is 0 Å². The lowest BCUT2D eigenvalue weighted by Crippen LogP contribution is -2.32. The molecule has 2 rings (SSSR count). The second-order valence-electron chi connectivity index (χ2n) is 4.97. The minimum atomic E-state index is 0.308. The van der Waals surface area contributed by atoms with Crippen LogP contribution in [0.25, 0.3) is 0 Å². The van der Waals surface area contributed by atoms with Crippen molar-refractivity contribution >= 4 is 5.84 Å². The molecule has 0 radical (unpaired) electrons. The van der Waals surface area contributed by atoms with E-state index in [0.29, 0.717) is 18.4 Å². The Hall–Kier alpha value is -0.610. The van der Waals surface area contributed by atoms with Gasteiger partial charge in [0.05, 0.1) is 11.9 Å². The third-order valence-corrected chi connectivity index (χ3v) is 3.49. The number of rotatable bonds is 7. The van der Waals surface area contributed by atoms with Crippen molar-refractivity contribution in [3.8, 4) is 0 Å². The molecule has 1 aliphatic heterocycles. The molecule has 0 amide bonds. The van der Waals surface area contributed by atoms with Gasteiger partial charge >= 0.3 is 0 Å². The third kappa shape index (κ3) is 3.76. The summed E-state index contributed by atoms with van der Waals surface area (Å²) in [5, 5.41) is 7.27. The minimum absolute atomic E-state index is 0.308. The molecule has 3 N–H and O–H groups in total. The molecule has 4 heteroatoms. The topological polar surface area (TPSA) is 62.3 Å². The van der Waals surface area contributed by atoms with Gasteiger partial charge in [0.2, 0.25) is 0 Å². The molecule has 2 aliphatic rings. The summed E-state index contributed by atoms with van der Waals surface area (Å²) in [5.41, 5.74) is 5.41. The monoisotopic (exact) mass is 225 g/mol. The molecule has 1 saturated carbocycles. The van der Waals surface area contributed by atoms with Crippen molar-refractivity contribution in [3.63, 3.8) is 0 Å². The number of nitrogens with one attached hydrogen (secondary N) is 1. The Kier molecular flexibility index (Phi) is 4.18. The largest absolute Gasteiger partial charge is 0.388 e. The van der Waals surface area contributed by atoms with Crippen molar-refractivity contribution in [2.75, 3.05) is 19.7 Å². The van der Waals surface area contributed by atoms with E-state index in [4.69, 9.17) is 15.9 Å². The molecule has 1 saturated heterocycles. The molecule has 1 unspecified atom stereocenters. The second-order valence-corrected chi connectivity index (χ2v) is 4.97. The highest BCUT2D eigenvalue weighted by Gasteiger charge is 2.29. The van der Waals surface area contributed by atoms with E-state index in [1.165, 1.54) is 25.7 Å². The van der Waals surface area contributed by atoms with Crippen LogP contribution in [-0.4, -0.2) is 42.6 Å². The van der Waals surface area contributed by atoms with Gasteiger partial charge in [-0.05, 0) is 32.1 Å². The van der Waals surface area contributed by atoms with Crippen LogP contribution in [0.5, 0.6) is 0 Å². The highest BCUT2D eigenvalue weighted by Crippen LogP contribution is 2.28. The fourth-order valence-corrected chi connectivity index (χ4v) is 2.36. The molecular formula is C12H23N3O. The first-order valence-electron chi connectivity index (χ1n) is 6.44. The van der Waals surface area contributed by atoms with Crippen LogP contribution in [0.1, 0.15) is 38.5 Å². The molecular weight excluding hydrogens is 202 g/mol. The van der Waals surface area contributed by atoms with Gasteiger partial charge in [0, 0.05) is 32.2 Å².